The number of hydrogen-bond donors (Lipinski definition) is 1. The zero-order valence-electron chi connectivity index (χ0n) is 5.87. The highest BCUT2D eigenvalue weighted by Gasteiger charge is 2.06. The van der Waals surface area contributed by atoms with Crippen molar-refractivity contribution >= 4 is 33.2 Å². The third-order valence-corrected chi connectivity index (χ3v) is 2.08. The van der Waals surface area contributed by atoms with E-state index in [1.165, 1.54) is 0 Å². The third kappa shape index (κ3) is 2.32. The molecular weight excluding hydrogens is 242 g/mol. The Kier molecular flexibility index (Phi) is 3.26. The minimum Gasteiger partial charge on any atom is -0.476 e. The van der Waals surface area contributed by atoms with E-state index in [0.717, 1.165) is 11.3 Å². The van der Waals surface area contributed by atoms with E-state index in [-0.39, 0.29) is 5.01 Å². The molecule has 0 radical (unpaired) electrons. The summed E-state index contributed by atoms with van der Waals surface area (Å²) in [7, 11) is 0. The molecule has 0 amide bonds. The maximum Gasteiger partial charge on any atom is 0.365 e. The average Bonchev–Trinajstić information content (AvgIpc) is 2.48. The third-order valence-electron chi connectivity index (χ3n) is 0.970. The number of carboxylic acid groups (broad SMARTS) is 1. The fourth-order valence-corrected chi connectivity index (χ4v) is 1.28. The van der Waals surface area contributed by atoms with Gasteiger partial charge in [-0.05, 0) is 5.92 Å². The minimum absolute atomic E-state index is 0.0777. The Bertz CT molecular complexity index is 350. The van der Waals surface area contributed by atoms with Gasteiger partial charge in [0.05, 0.1) is 5.33 Å². The normalized spacial score (nSPS) is 8.75. The van der Waals surface area contributed by atoms with E-state index in [0.29, 0.717) is 11.0 Å². The van der Waals surface area contributed by atoms with Crippen molar-refractivity contribution < 1.29 is 9.90 Å². The van der Waals surface area contributed by atoms with Crippen LogP contribution < -0.4 is 0 Å². The summed E-state index contributed by atoms with van der Waals surface area (Å²) in [6.07, 6.45) is 0. The second-order valence-electron chi connectivity index (χ2n) is 1.78. The van der Waals surface area contributed by atoms with Crippen molar-refractivity contribution in [2.24, 2.45) is 0 Å². The molecule has 62 valence electrons. The Morgan fingerprint density at radius 3 is 3.08 bits per heavy atom. The number of aromatic nitrogens is 1. The molecule has 5 heteroatoms. The van der Waals surface area contributed by atoms with Crippen LogP contribution in [0.3, 0.4) is 0 Å². The summed E-state index contributed by atoms with van der Waals surface area (Å²) in [5.41, 5.74) is 0.511. The topological polar surface area (TPSA) is 50.2 Å². The second kappa shape index (κ2) is 4.24. The Balaban J connectivity index is 2.84. The van der Waals surface area contributed by atoms with Crippen molar-refractivity contribution in [1.29, 1.82) is 0 Å². The van der Waals surface area contributed by atoms with Crippen molar-refractivity contribution in [1.82, 2.24) is 4.98 Å². The summed E-state index contributed by atoms with van der Waals surface area (Å²) < 4.78 is 0. The Morgan fingerprint density at radius 2 is 2.58 bits per heavy atom. The van der Waals surface area contributed by atoms with Gasteiger partial charge in [0, 0.05) is 5.38 Å². The first kappa shape index (κ1) is 9.23. The minimum atomic E-state index is -1.01. The highest BCUT2D eigenvalue weighted by Crippen LogP contribution is 2.07. The molecule has 0 saturated carbocycles. The van der Waals surface area contributed by atoms with E-state index >= 15 is 0 Å². The number of nitrogens with zero attached hydrogens (tertiary/aromatic N) is 1. The molecule has 1 aromatic heterocycles. The fraction of sp³-hybridized carbons (Fsp3) is 0.143. The molecule has 1 aromatic rings. The number of halogens is 1. The van der Waals surface area contributed by atoms with E-state index in [4.69, 9.17) is 5.11 Å². The van der Waals surface area contributed by atoms with E-state index in [9.17, 15) is 4.79 Å². The predicted octanol–water partition coefficient (Wildman–Crippen LogP) is 1.59. The van der Waals surface area contributed by atoms with Gasteiger partial charge in [-0.25, -0.2) is 9.78 Å². The molecule has 0 unspecified atom stereocenters. The molecule has 0 spiro atoms. The summed E-state index contributed by atoms with van der Waals surface area (Å²) >= 11 is 4.21. The van der Waals surface area contributed by atoms with Gasteiger partial charge >= 0.3 is 5.97 Å². The number of thiazole rings is 1. The number of rotatable bonds is 1. The lowest BCUT2D eigenvalue weighted by atomic mass is 10.5. The van der Waals surface area contributed by atoms with Crippen LogP contribution in [0, 0.1) is 11.8 Å². The quantitative estimate of drug-likeness (QED) is 0.604. The molecule has 1 rings (SSSR count). The van der Waals surface area contributed by atoms with Crippen LogP contribution in [-0.4, -0.2) is 21.4 Å². The van der Waals surface area contributed by atoms with Gasteiger partial charge in [0.1, 0.15) is 5.69 Å². The fourth-order valence-electron chi connectivity index (χ4n) is 0.553. The SMILES string of the molecule is O=C(O)c1nc(C#CCBr)cs1. The van der Waals surface area contributed by atoms with E-state index < -0.39 is 5.97 Å². The van der Waals surface area contributed by atoms with Gasteiger partial charge in [-0.15, -0.1) is 11.3 Å². The summed E-state index contributed by atoms with van der Waals surface area (Å²) in [5, 5.41) is 10.8. The van der Waals surface area contributed by atoms with E-state index in [1.807, 2.05) is 0 Å². The highest BCUT2D eigenvalue weighted by atomic mass is 79.9. The number of carbonyl (C=O) groups is 1. The van der Waals surface area contributed by atoms with Crippen molar-refractivity contribution in [3.63, 3.8) is 0 Å². The molecule has 0 aliphatic rings. The Hall–Kier alpha value is -0.860. The Labute approximate surface area is 81.6 Å². The molecule has 3 nitrogen and oxygen atoms in total. The summed E-state index contributed by atoms with van der Waals surface area (Å²) in [6.45, 7) is 0. The van der Waals surface area contributed by atoms with Gasteiger partial charge in [-0.2, -0.15) is 0 Å². The highest BCUT2D eigenvalue weighted by molar-refractivity contribution is 9.09. The van der Waals surface area contributed by atoms with Crippen LogP contribution in [-0.2, 0) is 0 Å². The summed E-state index contributed by atoms with van der Waals surface area (Å²) in [6, 6.07) is 0. The molecule has 0 saturated heterocycles. The molecule has 0 aliphatic heterocycles. The van der Waals surface area contributed by atoms with Crippen molar-refractivity contribution in [2.45, 2.75) is 0 Å². The van der Waals surface area contributed by atoms with Gasteiger partial charge in [-0.1, -0.05) is 21.9 Å². The first-order valence-electron chi connectivity index (χ1n) is 2.97. The maximum atomic E-state index is 10.4. The lowest BCUT2D eigenvalue weighted by molar-refractivity contribution is 0.0696. The predicted molar refractivity (Wildman–Crippen MR) is 49.7 cm³/mol. The zero-order chi connectivity index (χ0) is 8.97. The molecule has 1 heterocycles. The van der Waals surface area contributed by atoms with Crippen molar-refractivity contribution in [3.8, 4) is 11.8 Å². The van der Waals surface area contributed by atoms with Gasteiger partial charge in [0.25, 0.3) is 0 Å². The smallest absolute Gasteiger partial charge is 0.365 e. The van der Waals surface area contributed by atoms with Crippen LogP contribution in [0.5, 0.6) is 0 Å². The lowest BCUT2D eigenvalue weighted by Crippen LogP contribution is -1.94. The molecule has 0 aliphatic carbocycles. The lowest BCUT2D eigenvalue weighted by Gasteiger charge is -1.79. The Morgan fingerprint density at radius 1 is 1.83 bits per heavy atom. The zero-order valence-corrected chi connectivity index (χ0v) is 8.28. The molecule has 0 bridgehead atoms. The second-order valence-corrected chi connectivity index (χ2v) is 3.20. The molecule has 1 N–H and O–H groups in total. The number of alkyl halides is 1. The molecule has 0 fully saturated rings. The van der Waals surface area contributed by atoms with Crippen LogP contribution >= 0.6 is 27.3 Å². The van der Waals surface area contributed by atoms with Gasteiger partial charge in [-0.3, -0.25) is 0 Å². The van der Waals surface area contributed by atoms with Gasteiger partial charge < -0.3 is 5.11 Å². The molecule has 0 atom stereocenters. The molecule has 0 aromatic carbocycles. The largest absolute Gasteiger partial charge is 0.476 e. The maximum absolute atomic E-state index is 10.4. The van der Waals surface area contributed by atoms with Crippen molar-refractivity contribution in [3.05, 3.63) is 16.1 Å². The number of carboxylic acids is 1. The van der Waals surface area contributed by atoms with Crippen LogP contribution in [0.15, 0.2) is 5.38 Å². The standard InChI is InChI=1S/C7H4BrNO2S/c8-3-1-2-5-4-12-6(9-5)7(10)11/h4H,3H2,(H,10,11). The average molecular weight is 246 g/mol. The first-order valence-corrected chi connectivity index (χ1v) is 4.98. The van der Waals surface area contributed by atoms with Crippen LogP contribution in [0.25, 0.3) is 0 Å². The molecular formula is C7H4BrNO2S. The van der Waals surface area contributed by atoms with Crippen molar-refractivity contribution in [2.75, 3.05) is 5.33 Å². The van der Waals surface area contributed by atoms with E-state index in [2.05, 4.69) is 32.8 Å². The van der Waals surface area contributed by atoms with Crippen LogP contribution in [0.1, 0.15) is 15.5 Å². The van der Waals surface area contributed by atoms with E-state index in [1.54, 1.807) is 5.38 Å². The summed E-state index contributed by atoms with van der Waals surface area (Å²) in [4.78, 5) is 14.2. The van der Waals surface area contributed by atoms with Crippen LogP contribution in [0.4, 0.5) is 0 Å². The van der Waals surface area contributed by atoms with Gasteiger partial charge in [0.15, 0.2) is 0 Å². The summed E-state index contributed by atoms with van der Waals surface area (Å²) in [5.74, 6) is 4.44. The van der Waals surface area contributed by atoms with Gasteiger partial charge in [0.2, 0.25) is 5.01 Å². The molecule has 12 heavy (non-hydrogen) atoms. The first-order chi connectivity index (χ1) is 5.74. The monoisotopic (exact) mass is 245 g/mol. The van der Waals surface area contributed by atoms with Crippen LogP contribution in [0.2, 0.25) is 0 Å². The number of hydrogen-bond acceptors (Lipinski definition) is 3. The number of aromatic carboxylic acids is 1.